The summed E-state index contributed by atoms with van der Waals surface area (Å²) in [7, 11) is -2.49. The molecule has 5 heteroatoms. The monoisotopic (exact) mass is 238 g/mol. The molecule has 0 N–H and O–H groups in total. The lowest BCUT2D eigenvalue weighted by atomic mass is 11.8. The van der Waals surface area contributed by atoms with E-state index in [1.54, 1.807) is 0 Å². The normalized spacial score (nSPS) is 12.0. The van der Waals surface area contributed by atoms with Crippen molar-refractivity contribution in [2.75, 3.05) is 0 Å². The van der Waals surface area contributed by atoms with Crippen molar-refractivity contribution < 1.29 is 9.15 Å². The van der Waals surface area contributed by atoms with Crippen molar-refractivity contribution in [2.45, 2.75) is 52.4 Å². The highest BCUT2D eigenvalue weighted by atomic mass is 28.4. The van der Waals surface area contributed by atoms with Gasteiger partial charge in [0, 0.05) is 9.52 Å². The van der Waals surface area contributed by atoms with Crippen molar-refractivity contribution in [1.29, 1.82) is 0 Å². The molecular weight excluding hydrogens is 212 g/mol. The molecule has 0 heterocycles. The van der Waals surface area contributed by atoms with Gasteiger partial charge in [0.1, 0.15) is 0 Å². The number of rotatable bonds is 3. The fraction of sp³-hybridized carbons (Fsp3) is 1.00. The average molecular weight is 239 g/mol. The van der Waals surface area contributed by atoms with Crippen LogP contribution in [0.1, 0.15) is 0 Å². The molecule has 0 saturated carbocycles. The molecule has 0 spiro atoms. The molecule has 0 fully saturated rings. The third-order valence-electron chi connectivity index (χ3n) is 0.542. The van der Waals surface area contributed by atoms with E-state index in [2.05, 4.69) is 52.4 Å². The molecule has 0 amide bonds. The van der Waals surface area contributed by atoms with Crippen molar-refractivity contribution in [3.05, 3.63) is 0 Å². The van der Waals surface area contributed by atoms with Crippen LogP contribution >= 0.6 is 0 Å². The minimum Gasteiger partial charge on any atom is -0.298 e. The Morgan fingerprint density at radius 3 is 0.923 bits per heavy atom. The van der Waals surface area contributed by atoms with Gasteiger partial charge in [-0.25, -0.2) is 0 Å². The Hall–Kier alpha value is 0.571. The van der Waals surface area contributed by atoms with Crippen LogP contribution in [0.2, 0.25) is 52.4 Å². The molecule has 0 radical (unpaired) electrons. The standard InChI is InChI=1S/C6H18O2Si2.C2H8Si/c1-9(2,3)7-8-10(4,5)6;1-3-2/h1-6H3;3H2,1-2H3. The van der Waals surface area contributed by atoms with E-state index < -0.39 is 16.6 Å². The molecule has 0 aromatic carbocycles. The van der Waals surface area contributed by atoms with E-state index >= 15 is 0 Å². The summed E-state index contributed by atoms with van der Waals surface area (Å²) in [6.07, 6.45) is 0. The highest BCUT2D eigenvalue weighted by molar-refractivity contribution is 6.72. The van der Waals surface area contributed by atoms with Gasteiger partial charge in [0.05, 0.1) is 0 Å². The van der Waals surface area contributed by atoms with E-state index in [1.807, 2.05) is 0 Å². The Kier molecular flexibility index (Phi) is 8.55. The smallest absolute Gasteiger partial charge is 0.228 e. The van der Waals surface area contributed by atoms with Crippen molar-refractivity contribution >= 4 is 26.2 Å². The molecule has 0 aliphatic heterocycles. The van der Waals surface area contributed by atoms with Crippen LogP contribution in [-0.4, -0.2) is 26.2 Å². The van der Waals surface area contributed by atoms with Gasteiger partial charge in [-0.2, -0.15) is 0 Å². The maximum atomic E-state index is 5.29. The predicted molar refractivity (Wildman–Crippen MR) is 69.1 cm³/mol. The predicted octanol–water partition coefficient (Wildman–Crippen LogP) is 2.86. The highest BCUT2D eigenvalue weighted by Crippen LogP contribution is 2.09. The third kappa shape index (κ3) is 24.5. The van der Waals surface area contributed by atoms with E-state index in [0.29, 0.717) is 9.52 Å². The SMILES string of the molecule is C[SiH2]C.C[Si](C)(C)OO[Si](C)(C)C. The minimum atomic E-state index is -1.45. The highest BCUT2D eigenvalue weighted by Gasteiger charge is 2.22. The summed E-state index contributed by atoms with van der Waals surface area (Å²) < 4.78 is 10.6. The summed E-state index contributed by atoms with van der Waals surface area (Å²) in [4.78, 5) is 0. The largest absolute Gasteiger partial charge is 0.298 e. The first-order valence-corrected chi connectivity index (χ1v) is 14.6. The lowest BCUT2D eigenvalue weighted by Crippen LogP contribution is -2.34. The van der Waals surface area contributed by atoms with Crippen LogP contribution in [-0.2, 0) is 9.15 Å². The maximum Gasteiger partial charge on any atom is 0.228 e. The Morgan fingerprint density at radius 1 is 0.692 bits per heavy atom. The minimum absolute atomic E-state index is 0.417. The molecular formula is C8H26O2Si3. The van der Waals surface area contributed by atoms with E-state index in [0.717, 1.165) is 0 Å². The first-order chi connectivity index (χ1) is 5.62. The van der Waals surface area contributed by atoms with Gasteiger partial charge in [0.15, 0.2) is 0 Å². The summed E-state index contributed by atoms with van der Waals surface area (Å²) >= 11 is 0. The zero-order chi connectivity index (χ0) is 11.1. The Bertz CT molecular complexity index is 102. The Morgan fingerprint density at radius 2 is 0.846 bits per heavy atom. The fourth-order valence-corrected chi connectivity index (χ4v) is 2.25. The lowest BCUT2D eigenvalue weighted by Gasteiger charge is -2.22. The van der Waals surface area contributed by atoms with Gasteiger partial charge >= 0.3 is 0 Å². The molecule has 0 unspecified atom stereocenters. The molecule has 0 rings (SSSR count). The van der Waals surface area contributed by atoms with E-state index in [4.69, 9.17) is 9.15 Å². The maximum absolute atomic E-state index is 5.29. The fourth-order valence-electron chi connectivity index (χ4n) is 0.250. The summed E-state index contributed by atoms with van der Waals surface area (Å²) in [5.74, 6) is 0. The first kappa shape index (κ1) is 16.0. The second-order valence-corrected chi connectivity index (χ2v) is 15.3. The van der Waals surface area contributed by atoms with Crippen LogP contribution < -0.4 is 0 Å². The molecule has 2 nitrogen and oxygen atoms in total. The third-order valence-corrected chi connectivity index (χ3v) is 1.88. The van der Waals surface area contributed by atoms with Crippen LogP contribution in [0, 0.1) is 0 Å². The van der Waals surface area contributed by atoms with Gasteiger partial charge in [0.25, 0.3) is 0 Å². The topological polar surface area (TPSA) is 18.5 Å². The summed E-state index contributed by atoms with van der Waals surface area (Å²) in [5.41, 5.74) is 0. The second kappa shape index (κ2) is 6.94. The summed E-state index contributed by atoms with van der Waals surface area (Å²) in [5, 5.41) is 0. The van der Waals surface area contributed by atoms with Crippen molar-refractivity contribution in [1.82, 2.24) is 0 Å². The van der Waals surface area contributed by atoms with Gasteiger partial charge in [-0.1, -0.05) is 13.1 Å². The molecule has 0 aliphatic carbocycles. The molecule has 82 valence electrons. The quantitative estimate of drug-likeness (QED) is 0.428. The number of hydrogen-bond acceptors (Lipinski definition) is 2. The van der Waals surface area contributed by atoms with E-state index in [-0.39, 0.29) is 0 Å². The summed E-state index contributed by atoms with van der Waals surface area (Å²) in [6.45, 7) is 17.2. The molecule has 0 aliphatic rings. The average Bonchev–Trinajstić information content (AvgIpc) is 1.82. The Balaban J connectivity index is 0. The summed E-state index contributed by atoms with van der Waals surface area (Å²) in [6, 6.07) is 0. The lowest BCUT2D eigenvalue weighted by molar-refractivity contribution is -0.122. The van der Waals surface area contributed by atoms with Crippen LogP contribution in [0.5, 0.6) is 0 Å². The molecule has 0 aromatic rings. The molecule has 0 bridgehead atoms. The van der Waals surface area contributed by atoms with Crippen molar-refractivity contribution in [3.63, 3.8) is 0 Å². The van der Waals surface area contributed by atoms with Gasteiger partial charge in [-0.15, -0.1) is 0 Å². The van der Waals surface area contributed by atoms with Gasteiger partial charge in [-0.3, -0.25) is 9.15 Å². The van der Waals surface area contributed by atoms with Gasteiger partial charge < -0.3 is 0 Å². The van der Waals surface area contributed by atoms with Crippen molar-refractivity contribution in [2.24, 2.45) is 0 Å². The Labute approximate surface area is 88.0 Å². The van der Waals surface area contributed by atoms with Crippen molar-refractivity contribution in [3.8, 4) is 0 Å². The zero-order valence-corrected chi connectivity index (χ0v) is 13.9. The number of hydrogen-bond donors (Lipinski definition) is 0. The van der Waals surface area contributed by atoms with Crippen LogP contribution in [0.25, 0.3) is 0 Å². The van der Waals surface area contributed by atoms with Crippen LogP contribution in [0.15, 0.2) is 0 Å². The molecule has 0 aromatic heterocycles. The van der Waals surface area contributed by atoms with E-state index in [9.17, 15) is 0 Å². The first-order valence-electron chi connectivity index (χ1n) is 4.99. The zero-order valence-electron chi connectivity index (χ0n) is 10.5. The van der Waals surface area contributed by atoms with Crippen LogP contribution in [0.3, 0.4) is 0 Å². The molecule has 0 saturated heterocycles. The van der Waals surface area contributed by atoms with Crippen LogP contribution in [0.4, 0.5) is 0 Å². The second-order valence-electron chi connectivity index (χ2n) is 5.10. The molecule has 13 heavy (non-hydrogen) atoms. The van der Waals surface area contributed by atoms with Gasteiger partial charge in [-0.05, 0) is 39.3 Å². The molecule has 0 atom stereocenters. The van der Waals surface area contributed by atoms with E-state index in [1.165, 1.54) is 0 Å². The van der Waals surface area contributed by atoms with Gasteiger partial charge in [0.2, 0.25) is 16.6 Å².